The molecule has 3 nitrogen and oxygen atoms in total. The number of hydrogen-bond donors (Lipinski definition) is 1. The molecule has 4 aliphatic heterocycles. The van der Waals surface area contributed by atoms with Crippen LogP contribution in [0.2, 0.25) is 0 Å². The highest BCUT2D eigenvalue weighted by atomic mass is 16.5. The van der Waals surface area contributed by atoms with Crippen molar-refractivity contribution in [2.24, 2.45) is 0 Å². The molecule has 0 radical (unpaired) electrons. The molecule has 1 unspecified atom stereocenters. The third kappa shape index (κ3) is 3.49. The summed E-state index contributed by atoms with van der Waals surface area (Å²) in [6.07, 6.45) is 22.6. The first-order valence-electron chi connectivity index (χ1n) is 14.2. The van der Waals surface area contributed by atoms with Gasteiger partial charge < -0.3 is 15.0 Å². The van der Waals surface area contributed by atoms with Crippen LogP contribution in [0.1, 0.15) is 81.4 Å². The lowest BCUT2D eigenvalue weighted by Gasteiger charge is -2.42. The Morgan fingerprint density at radius 2 is 2.00 bits per heavy atom. The fraction of sp³-hybridized carbons (Fsp3) is 0.500. The maximum absolute atomic E-state index is 7.15. The monoisotopic (exact) mass is 466 g/mol. The first-order chi connectivity index (χ1) is 17.3. The number of anilines is 1. The molecule has 182 valence electrons. The summed E-state index contributed by atoms with van der Waals surface area (Å²) in [7, 11) is 0. The van der Waals surface area contributed by atoms with E-state index in [-0.39, 0.29) is 0 Å². The topological polar surface area (TPSA) is 24.5 Å². The van der Waals surface area contributed by atoms with Crippen molar-refractivity contribution in [1.29, 1.82) is 0 Å². The quantitative estimate of drug-likeness (QED) is 0.520. The standard InChI is InChI=1S/C32H38N2O/c1-2-3-14-24-29-22(12-7-16-33-29)19-26-28(21-10-5-4-6-11-21)27-20-23-13-8-17-34-18-9-15-25(30(23)34)32(27)35-31(24)26/h4-5,10,19-20,29,33H,2-3,6-9,11-18H2,1H3. The minimum absolute atomic E-state index is 0.363. The normalized spacial score (nSPS) is 24.7. The van der Waals surface area contributed by atoms with Crippen molar-refractivity contribution < 1.29 is 4.74 Å². The van der Waals surface area contributed by atoms with Gasteiger partial charge in [0.15, 0.2) is 0 Å². The van der Waals surface area contributed by atoms with Gasteiger partial charge in [-0.05, 0) is 111 Å². The van der Waals surface area contributed by atoms with E-state index in [1.807, 2.05) is 0 Å². The molecule has 3 heteroatoms. The van der Waals surface area contributed by atoms with Crippen LogP contribution >= 0.6 is 0 Å². The SMILES string of the molecule is CCCCC1=C2Oc3c(cc4c5c3CCCN5CCC4)C(C3=CC=CCC3)=C2C=C2CCCNC21. The van der Waals surface area contributed by atoms with Gasteiger partial charge in [-0.25, -0.2) is 0 Å². The number of nitrogens with one attached hydrogen (secondary N) is 1. The van der Waals surface area contributed by atoms with Crippen molar-refractivity contribution >= 4 is 11.3 Å². The molecule has 2 aliphatic carbocycles. The smallest absolute Gasteiger partial charge is 0.140 e. The zero-order valence-electron chi connectivity index (χ0n) is 21.2. The summed E-state index contributed by atoms with van der Waals surface area (Å²) in [5.74, 6) is 2.37. The molecule has 1 aromatic carbocycles. The molecule has 35 heavy (non-hydrogen) atoms. The van der Waals surface area contributed by atoms with Crippen LogP contribution in [-0.2, 0) is 12.8 Å². The average molecular weight is 467 g/mol. The highest BCUT2D eigenvalue weighted by Gasteiger charge is 2.39. The maximum atomic E-state index is 7.15. The third-order valence-corrected chi connectivity index (χ3v) is 8.93. The number of piperidine rings is 1. The molecule has 0 bridgehead atoms. The summed E-state index contributed by atoms with van der Waals surface area (Å²) < 4.78 is 7.15. The van der Waals surface area contributed by atoms with Gasteiger partial charge in [-0.2, -0.15) is 0 Å². The van der Waals surface area contributed by atoms with E-state index in [0.29, 0.717) is 6.04 Å². The van der Waals surface area contributed by atoms with Crippen molar-refractivity contribution in [3.63, 3.8) is 0 Å². The molecule has 0 amide bonds. The number of rotatable bonds is 4. The Hall–Kier alpha value is -2.52. The minimum Gasteiger partial charge on any atom is -0.456 e. The van der Waals surface area contributed by atoms with Crippen molar-refractivity contribution in [1.82, 2.24) is 5.32 Å². The Balaban J connectivity index is 1.51. The van der Waals surface area contributed by atoms with Crippen LogP contribution in [0.25, 0.3) is 5.57 Å². The first kappa shape index (κ1) is 21.7. The van der Waals surface area contributed by atoms with Crippen molar-refractivity contribution in [3.8, 4) is 5.75 Å². The second-order valence-corrected chi connectivity index (χ2v) is 11.2. The number of ether oxygens (including phenoxy) is 1. The van der Waals surface area contributed by atoms with E-state index in [2.05, 4.69) is 47.5 Å². The molecular weight excluding hydrogens is 428 g/mol. The van der Waals surface area contributed by atoms with E-state index in [9.17, 15) is 0 Å². The van der Waals surface area contributed by atoms with Gasteiger partial charge in [-0.15, -0.1) is 0 Å². The molecule has 0 aromatic heterocycles. The third-order valence-electron chi connectivity index (χ3n) is 8.93. The van der Waals surface area contributed by atoms with Gasteiger partial charge in [-0.1, -0.05) is 31.6 Å². The van der Waals surface area contributed by atoms with Gasteiger partial charge in [0.1, 0.15) is 11.5 Å². The predicted molar refractivity (Wildman–Crippen MR) is 145 cm³/mol. The first-order valence-corrected chi connectivity index (χ1v) is 14.2. The Labute approximate surface area is 210 Å². The number of benzene rings is 1. The lowest BCUT2D eigenvalue weighted by Crippen LogP contribution is -2.41. The number of aryl methyl sites for hydroxylation is 1. The zero-order chi connectivity index (χ0) is 23.4. The largest absolute Gasteiger partial charge is 0.456 e. The lowest BCUT2D eigenvalue weighted by atomic mass is 9.75. The number of nitrogens with zero attached hydrogens (tertiary/aromatic N) is 1. The van der Waals surface area contributed by atoms with E-state index in [0.717, 1.165) is 32.2 Å². The zero-order valence-corrected chi connectivity index (χ0v) is 21.2. The molecule has 1 N–H and O–H groups in total. The molecule has 7 rings (SSSR count). The number of hydrogen-bond acceptors (Lipinski definition) is 3. The molecule has 1 fully saturated rings. The Kier molecular flexibility index (Phi) is 5.50. The van der Waals surface area contributed by atoms with Crippen LogP contribution in [0.3, 0.4) is 0 Å². The molecule has 1 atom stereocenters. The summed E-state index contributed by atoms with van der Waals surface area (Å²) in [5.41, 5.74) is 13.3. The van der Waals surface area contributed by atoms with Crippen LogP contribution in [0.5, 0.6) is 5.75 Å². The Morgan fingerprint density at radius 3 is 2.86 bits per heavy atom. The lowest BCUT2D eigenvalue weighted by molar-refractivity contribution is 0.394. The second-order valence-electron chi connectivity index (χ2n) is 11.2. The van der Waals surface area contributed by atoms with Crippen LogP contribution in [0.4, 0.5) is 5.69 Å². The number of fused-ring (bicyclic) bond motifs is 4. The fourth-order valence-corrected chi connectivity index (χ4v) is 7.34. The van der Waals surface area contributed by atoms with Crippen molar-refractivity contribution in [2.75, 3.05) is 24.5 Å². The highest BCUT2D eigenvalue weighted by molar-refractivity contribution is 5.93. The Morgan fingerprint density at radius 1 is 1.09 bits per heavy atom. The fourth-order valence-electron chi connectivity index (χ4n) is 7.34. The summed E-state index contributed by atoms with van der Waals surface area (Å²) >= 11 is 0. The Bertz CT molecular complexity index is 1220. The van der Waals surface area contributed by atoms with Gasteiger partial charge in [0.05, 0.1) is 6.04 Å². The van der Waals surface area contributed by atoms with E-state index < -0.39 is 0 Å². The molecule has 1 saturated heterocycles. The minimum atomic E-state index is 0.363. The van der Waals surface area contributed by atoms with Crippen molar-refractivity contribution in [2.45, 2.75) is 83.6 Å². The van der Waals surface area contributed by atoms with Gasteiger partial charge in [0.25, 0.3) is 0 Å². The molecule has 0 saturated carbocycles. The summed E-state index contributed by atoms with van der Waals surface area (Å²) in [5, 5.41) is 3.87. The van der Waals surface area contributed by atoms with Gasteiger partial charge >= 0.3 is 0 Å². The highest BCUT2D eigenvalue weighted by Crippen LogP contribution is 2.53. The number of unbranched alkanes of at least 4 members (excludes halogenated alkanes) is 1. The summed E-state index contributed by atoms with van der Waals surface area (Å²) in [6.45, 7) is 5.82. The molecule has 6 aliphatic rings. The van der Waals surface area contributed by atoms with Gasteiger partial charge in [-0.3, -0.25) is 0 Å². The van der Waals surface area contributed by atoms with Gasteiger partial charge in [0, 0.05) is 35.5 Å². The average Bonchev–Trinajstić information content (AvgIpc) is 2.91. The van der Waals surface area contributed by atoms with Crippen LogP contribution in [0, 0.1) is 0 Å². The molecule has 4 heterocycles. The molecular formula is C32H38N2O. The van der Waals surface area contributed by atoms with E-state index in [4.69, 9.17) is 4.74 Å². The van der Waals surface area contributed by atoms with E-state index in [1.165, 1.54) is 109 Å². The van der Waals surface area contributed by atoms with Crippen LogP contribution in [0.15, 0.2) is 58.4 Å². The summed E-state index contributed by atoms with van der Waals surface area (Å²) in [4.78, 5) is 2.65. The van der Waals surface area contributed by atoms with Crippen molar-refractivity contribution in [3.05, 3.63) is 75.1 Å². The van der Waals surface area contributed by atoms with Crippen LogP contribution in [-0.4, -0.2) is 25.7 Å². The van der Waals surface area contributed by atoms with E-state index >= 15 is 0 Å². The number of allylic oxidation sites excluding steroid dienone is 6. The molecule has 0 spiro atoms. The summed E-state index contributed by atoms with van der Waals surface area (Å²) in [6, 6.07) is 2.89. The van der Waals surface area contributed by atoms with E-state index in [1.54, 1.807) is 11.1 Å². The maximum Gasteiger partial charge on any atom is 0.140 e. The van der Waals surface area contributed by atoms with Gasteiger partial charge in [0.2, 0.25) is 0 Å². The molecule has 1 aromatic rings. The van der Waals surface area contributed by atoms with Crippen LogP contribution < -0.4 is 15.0 Å². The predicted octanol–water partition coefficient (Wildman–Crippen LogP) is 6.94. The second kappa shape index (κ2) is 8.85.